The fourth-order valence-electron chi connectivity index (χ4n) is 5.02. The zero-order chi connectivity index (χ0) is 20.9. The molecule has 3 aliphatic rings. The fraction of sp³-hybridized carbons (Fsp3) is 0.292. The van der Waals surface area contributed by atoms with Gasteiger partial charge in [-0.1, -0.05) is 6.07 Å². The molecule has 3 aliphatic heterocycles. The molecule has 0 radical (unpaired) electrons. The standard InChI is InChI=1S/C24H21N3O4/c28-23-10-17(19-3-1-2-6-25-19)8-20-18-7-15(12-27(20)23)11-26(13-18)24(29)16-4-5-21-22(9-16)31-14-30-21/h1-6,8-10,15,18H,7,11-14H2/t15-,18+/m0/s1. The number of nitrogens with zero attached hydrogens (tertiary/aromatic N) is 3. The fourth-order valence-corrected chi connectivity index (χ4v) is 5.02. The van der Waals surface area contributed by atoms with Gasteiger partial charge in [0.25, 0.3) is 11.5 Å². The van der Waals surface area contributed by atoms with Crippen molar-refractivity contribution in [2.75, 3.05) is 19.9 Å². The third kappa shape index (κ3) is 3.08. The molecule has 2 aromatic heterocycles. The van der Waals surface area contributed by atoms with Crippen molar-refractivity contribution in [3.63, 3.8) is 0 Å². The van der Waals surface area contributed by atoms with Gasteiger partial charge in [-0.15, -0.1) is 0 Å². The van der Waals surface area contributed by atoms with Crippen LogP contribution in [-0.4, -0.2) is 40.2 Å². The SMILES string of the molecule is O=C(c1ccc2c(c1)OCO2)N1C[C@@H]2C[C@H](C1)c1cc(-c3ccccn3)cc(=O)n1C2. The zero-order valence-corrected chi connectivity index (χ0v) is 16.9. The lowest BCUT2D eigenvalue weighted by Crippen LogP contribution is -2.49. The summed E-state index contributed by atoms with van der Waals surface area (Å²) >= 11 is 0. The van der Waals surface area contributed by atoms with Crippen LogP contribution in [0.2, 0.25) is 0 Å². The van der Waals surface area contributed by atoms with Gasteiger partial charge in [0.2, 0.25) is 6.79 Å². The Hall–Kier alpha value is -3.61. The average Bonchev–Trinajstić information content (AvgIpc) is 3.27. The number of fused-ring (bicyclic) bond motifs is 5. The molecule has 1 saturated heterocycles. The summed E-state index contributed by atoms with van der Waals surface area (Å²) < 4.78 is 12.7. The summed E-state index contributed by atoms with van der Waals surface area (Å²) in [6.45, 7) is 2.07. The Kier molecular flexibility index (Phi) is 4.09. The normalized spacial score (nSPS) is 21.0. The molecule has 5 heterocycles. The first kappa shape index (κ1) is 18.2. The molecular weight excluding hydrogens is 394 g/mol. The second kappa shape index (κ2) is 6.97. The molecule has 3 aromatic rings. The molecule has 7 nitrogen and oxygen atoms in total. The maximum absolute atomic E-state index is 13.2. The molecule has 0 unspecified atom stereocenters. The van der Waals surface area contributed by atoms with Crippen LogP contribution in [0.25, 0.3) is 11.3 Å². The van der Waals surface area contributed by atoms with E-state index >= 15 is 0 Å². The predicted octanol–water partition coefficient (Wildman–Crippen LogP) is 2.90. The van der Waals surface area contributed by atoms with Gasteiger partial charge in [0.1, 0.15) is 0 Å². The van der Waals surface area contributed by atoms with Crippen LogP contribution in [0.3, 0.4) is 0 Å². The van der Waals surface area contributed by atoms with Gasteiger partial charge in [-0.05, 0) is 48.7 Å². The first-order chi connectivity index (χ1) is 15.2. The zero-order valence-electron chi connectivity index (χ0n) is 16.9. The Morgan fingerprint density at radius 3 is 2.77 bits per heavy atom. The largest absolute Gasteiger partial charge is 0.454 e. The van der Waals surface area contributed by atoms with E-state index in [1.807, 2.05) is 27.7 Å². The van der Waals surface area contributed by atoms with Crippen molar-refractivity contribution in [2.24, 2.45) is 5.92 Å². The molecular formula is C24H21N3O4. The highest BCUT2D eigenvalue weighted by atomic mass is 16.7. The minimum atomic E-state index is -0.00956. The number of hydrogen-bond acceptors (Lipinski definition) is 5. The van der Waals surface area contributed by atoms with Gasteiger partial charge in [-0.3, -0.25) is 14.6 Å². The number of pyridine rings is 2. The molecule has 1 amide bonds. The Morgan fingerprint density at radius 2 is 1.90 bits per heavy atom. The van der Waals surface area contributed by atoms with Crippen LogP contribution in [0.4, 0.5) is 0 Å². The van der Waals surface area contributed by atoms with Crippen molar-refractivity contribution < 1.29 is 14.3 Å². The second-order valence-electron chi connectivity index (χ2n) is 8.41. The molecule has 0 aliphatic carbocycles. The molecule has 1 fully saturated rings. The molecule has 156 valence electrons. The van der Waals surface area contributed by atoms with E-state index in [1.54, 1.807) is 30.5 Å². The van der Waals surface area contributed by atoms with E-state index in [0.29, 0.717) is 36.7 Å². The molecule has 2 atom stereocenters. The van der Waals surface area contributed by atoms with Crippen LogP contribution in [0.1, 0.15) is 28.4 Å². The minimum Gasteiger partial charge on any atom is -0.454 e. The Bertz CT molecular complexity index is 1240. The monoisotopic (exact) mass is 415 g/mol. The second-order valence-corrected chi connectivity index (χ2v) is 8.41. The Balaban J connectivity index is 1.32. The highest BCUT2D eigenvalue weighted by Crippen LogP contribution is 2.38. The third-order valence-electron chi connectivity index (χ3n) is 6.42. The number of amides is 1. The topological polar surface area (TPSA) is 73.7 Å². The van der Waals surface area contributed by atoms with Crippen LogP contribution < -0.4 is 15.0 Å². The summed E-state index contributed by atoms with van der Waals surface area (Å²) in [5, 5.41) is 0. The highest BCUT2D eigenvalue weighted by molar-refractivity contribution is 5.95. The number of ether oxygens (including phenoxy) is 2. The number of carbonyl (C=O) groups is 1. The van der Waals surface area contributed by atoms with E-state index in [9.17, 15) is 9.59 Å². The van der Waals surface area contributed by atoms with E-state index in [2.05, 4.69) is 11.1 Å². The summed E-state index contributed by atoms with van der Waals surface area (Å²) in [5.74, 6) is 1.66. The van der Waals surface area contributed by atoms with Crippen molar-refractivity contribution in [1.82, 2.24) is 14.5 Å². The van der Waals surface area contributed by atoms with Gasteiger partial charge in [0, 0.05) is 54.6 Å². The highest BCUT2D eigenvalue weighted by Gasteiger charge is 2.37. The number of carbonyl (C=O) groups excluding carboxylic acids is 1. The molecule has 0 spiro atoms. The van der Waals surface area contributed by atoms with Crippen LogP contribution in [0, 0.1) is 5.92 Å². The molecule has 7 heteroatoms. The Morgan fingerprint density at radius 1 is 1.00 bits per heavy atom. The first-order valence-electron chi connectivity index (χ1n) is 10.5. The maximum atomic E-state index is 13.2. The van der Waals surface area contributed by atoms with E-state index in [1.165, 1.54) is 0 Å². The summed E-state index contributed by atoms with van der Waals surface area (Å²) in [6, 6.07) is 14.8. The quantitative estimate of drug-likeness (QED) is 0.644. The van der Waals surface area contributed by atoms with Crippen molar-refractivity contribution >= 4 is 5.91 Å². The number of hydrogen-bond donors (Lipinski definition) is 0. The van der Waals surface area contributed by atoms with Gasteiger partial charge < -0.3 is 18.9 Å². The van der Waals surface area contributed by atoms with Gasteiger partial charge in [-0.2, -0.15) is 0 Å². The van der Waals surface area contributed by atoms with Crippen LogP contribution >= 0.6 is 0 Å². The Labute approximate surface area is 178 Å². The van der Waals surface area contributed by atoms with Crippen molar-refractivity contribution in [3.8, 4) is 22.8 Å². The average molecular weight is 415 g/mol. The summed E-state index contributed by atoms with van der Waals surface area (Å²) in [6.07, 6.45) is 2.71. The van der Waals surface area contributed by atoms with Crippen LogP contribution in [-0.2, 0) is 6.54 Å². The summed E-state index contributed by atoms with van der Waals surface area (Å²) in [4.78, 5) is 32.4. The van der Waals surface area contributed by atoms with Gasteiger partial charge in [0.15, 0.2) is 11.5 Å². The number of likely N-dealkylation sites (tertiary alicyclic amines) is 1. The van der Waals surface area contributed by atoms with E-state index < -0.39 is 0 Å². The van der Waals surface area contributed by atoms with Crippen LogP contribution in [0.5, 0.6) is 11.5 Å². The number of benzene rings is 1. The molecule has 1 aromatic carbocycles. The number of rotatable bonds is 2. The summed E-state index contributed by atoms with van der Waals surface area (Å²) in [7, 11) is 0. The lowest BCUT2D eigenvalue weighted by atomic mass is 9.82. The van der Waals surface area contributed by atoms with Gasteiger partial charge >= 0.3 is 0 Å². The molecule has 2 bridgehead atoms. The van der Waals surface area contributed by atoms with Gasteiger partial charge in [-0.25, -0.2) is 0 Å². The predicted molar refractivity (Wildman–Crippen MR) is 113 cm³/mol. The van der Waals surface area contributed by atoms with Crippen LogP contribution in [0.15, 0.2) is 59.5 Å². The lowest BCUT2D eigenvalue weighted by Gasteiger charge is -2.43. The third-order valence-corrected chi connectivity index (χ3v) is 6.42. The van der Waals surface area contributed by atoms with E-state index in [-0.39, 0.29) is 30.1 Å². The smallest absolute Gasteiger partial charge is 0.254 e. The van der Waals surface area contributed by atoms with Crippen molar-refractivity contribution in [1.29, 1.82) is 0 Å². The lowest BCUT2D eigenvalue weighted by molar-refractivity contribution is 0.0594. The van der Waals surface area contributed by atoms with Gasteiger partial charge in [0.05, 0.1) is 5.69 Å². The molecule has 6 rings (SSSR count). The maximum Gasteiger partial charge on any atom is 0.254 e. The minimum absolute atomic E-state index is 0.00315. The molecule has 0 saturated carbocycles. The van der Waals surface area contributed by atoms with E-state index in [0.717, 1.165) is 23.4 Å². The molecule has 0 N–H and O–H groups in total. The van der Waals surface area contributed by atoms with E-state index in [4.69, 9.17) is 9.47 Å². The number of aromatic nitrogens is 2. The van der Waals surface area contributed by atoms with Crippen molar-refractivity contribution in [3.05, 3.63) is 76.3 Å². The molecule has 31 heavy (non-hydrogen) atoms. The summed E-state index contributed by atoms with van der Waals surface area (Å²) in [5.41, 5.74) is 3.21. The van der Waals surface area contributed by atoms with Crippen molar-refractivity contribution in [2.45, 2.75) is 18.9 Å². The first-order valence-corrected chi connectivity index (χ1v) is 10.5. The number of piperidine rings is 1.